The number of aliphatic hydroxyl groups excluding tert-OH is 1. The quantitative estimate of drug-likeness (QED) is 0.862. The molecule has 1 aromatic rings. The highest BCUT2D eigenvalue weighted by Gasteiger charge is 2.50. The van der Waals surface area contributed by atoms with Crippen molar-refractivity contribution in [3.05, 3.63) is 35.9 Å². The summed E-state index contributed by atoms with van der Waals surface area (Å²) in [6, 6.07) is 9.27. The van der Waals surface area contributed by atoms with Crippen LogP contribution in [0.2, 0.25) is 0 Å². The molecule has 2 rings (SSSR count). The topological polar surface area (TPSA) is 77.8 Å². The lowest BCUT2D eigenvalue weighted by molar-refractivity contribution is -0.159. The molecule has 1 aliphatic heterocycles. The van der Waals surface area contributed by atoms with E-state index >= 15 is 0 Å². The number of hydrogen-bond donors (Lipinski definition) is 2. The molecule has 1 fully saturated rings. The fraction of sp³-hybridized carbons (Fsp3) is 0.467. The van der Waals surface area contributed by atoms with E-state index in [1.807, 2.05) is 30.3 Å². The largest absolute Gasteiger partial charge is 0.479 e. The first-order valence-electron chi connectivity index (χ1n) is 6.74. The van der Waals surface area contributed by atoms with Crippen molar-refractivity contribution in [2.24, 2.45) is 0 Å². The molecule has 5 nitrogen and oxygen atoms in total. The van der Waals surface area contributed by atoms with Crippen molar-refractivity contribution in [2.75, 3.05) is 6.54 Å². The summed E-state index contributed by atoms with van der Waals surface area (Å²) in [5.41, 5.74) is -0.365. The first kappa shape index (κ1) is 14.5. The van der Waals surface area contributed by atoms with E-state index in [4.69, 9.17) is 0 Å². The van der Waals surface area contributed by atoms with Gasteiger partial charge in [0, 0.05) is 13.0 Å². The minimum absolute atomic E-state index is 0.266. The SMILES string of the molecule is CC(O)C(=O)N1CCC[C@@]1(Cc1ccccc1)C(=O)O. The van der Waals surface area contributed by atoms with Crippen LogP contribution in [0.15, 0.2) is 30.3 Å². The van der Waals surface area contributed by atoms with E-state index < -0.39 is 23.5 Å². The Morgan fingerprint density at radius 3 is 2.55 bits per heavy atom. The molecule has 0 spiro atoms. The number of carboxylic acids is 1. The third-order valence-electron chi connectivity index (χ3n) is 3.85. The number of nitrogens with zero attached hydrogens (tertiary/aromatic N) is 1. The molecule has 1 unspecified atom stereocenters. The Hall–Kier alpha value is -1.88. The number of hydrogen-bond acceptors (Lipinski definition) is 3. The van der Waals surface area contributed by atoms with E-state index in [2.05, 4.69) is 0 Å². The third-order valence-corrected chi connectivity index (χ3v) is 3.85. The summed E-state index contributed by atoms with van der Waals surface area (Å²) in [5, 5.41) is 19.1. The van der Waals surface area contributed by atoms with Crippen molar-refractivity contribution in [3.8, 4) is 0 Å². The van der Waals surface area contributed by atoms with Gasteiger partial charge in [-0.1, -0.05) is 30.3 Å². The maximum absolute atomic E-state index is 12.1. The summed E-state index contributed by atoms with van der Waals surface area (Å²) < 4.78 is 0. The maximum atomic E-state index is 12.1. The van der Waals surface area contributed by atoms with Crippen molar-refractivity contribution in [3.63, 3.8) is 0 Å². The van der Waals surface area contributed by atoms with Crippen molar-refractivity contribution >= 4 is 11.9 Å². The standard InChI is InChI=1S/C15H19NO4/c1-11(17)13(18)16-9-5-8-15(16,14(19)20)10-12-6-3-2-4-7-12/h2-4,6-7,11,17H,5,8-10H2,1H3,(H,19,20)/t11?,15-/m1/s1. The molecule has 1 saturated heterocycles. The summed E-state index contributed by atoms with van der Waals surface area (Å²) in [5.74, 6) is -1.52. The molecule has 1 aliphatic rings. The van der Waals surface area contributed by atoms with Gasteiger partial charge >= 0.3 is 5.97 Å². The van der Waals surface area contributed by atoms with Crippen LogP contribution in [0.3, 0.4) is 0 Å². The van der Waals surface area contributed by atoms with Gasteiger partial charge in [-0.25, -0.2) is 4.79 Å². The third kappa shape index (κ3) is 2.54. The highest BCUT2D eigenvalue weighted by Crippen LogP contribution is 2.33. The molecule has 20 heavy (non-hydrogen) atoms. The van der Waals surface area contributed by atoms with Gasteiger partial charge in [0.05, 0.1) is 0 Å². The second kappa shape index (κ2) is 5.63. The van der Waals surface area contributed by atoms with E-state index in [0.717, 1.165) is 5.56 Å². The lowest BCUT2D eigenvalue weighted by Gasteiger charge is -2.35. The molecule has 1 heterocycles. The predicted molar refractivity (Wildman–Crippen MR) is 73.1 cm³/mol. The van der Waals surface area contributed by atoms with Crippen LogP contribution in [0.4, 0.5) is 0 Å². The molecule has 0 saturated carbocycles. The fourth-order valence-electron chi connectivity index (χ4n) is 2.84. The van der Waals surface area contributed by atoms with Crippen molar-refractivity contribution < 1.29 is 19.8 Å². The number of aliphatic carboxylic acids is 1. The van der Waals surface area contributed by atoms with Crippen molar-refractivity contribution in [1.82, 2.24) is 4.90 Å². The van der Waals surface area contributed by atoms with Gasteiger partial charge in [0.2, 0.25) is 0 Å². The highest BCUT2D eigenvalue weighted by atomic mass is 16.4. The minimum Gasteiger partial charge on any atom is -0.479 e. The van der Waals surface area contributed by atoms with Gasteiger partial charge in [-0.05, 0) is 25.3 Å². The highest BCUT2D eigenvalue weighted by molar-refractivity contribution is 5.89. The molecule has 0 aromatic heterocycles. The van der Waals surface area contributed by atoms with Crippen LogP contribution >= 0.6 is 0 Å². The van der Waals surface area contributed by atoms with Gasteiger partial charge in [0.1, 0.15) is 11.6 Å². The average molecular weight is 277 g/mol. The second-order valence-corrected chi connectivity index (χ2v) is 5.27. The number of likely N-dealkylation sites (tertiary alicyclic amines) is 1. The monoisotopic (exact) mass is 277 g/mol. The average Bonchev–Trinajstić information content (AvgIpc) is 2.83. The Morgan fingerprint density at radius 2 is 2.00 bits per heavy atom. The lowest BCUT2D eigenvalue weighted by Crippen LogP contribution is -2.56. The Balaban J connectivity index is 2.34. The molecular formula is C15H19NO4. The normalized spacial score (nSPS) is 23.6. The van der Waals surface area contributed by atoms with Crippen LogP contribution < -0.4 is 0 Å². The van der Waals surface area contributed by atoms with Gasteiger partial charge in [-0.3, -0.25) is 4.79 Å². The number of carboxylic acid groups (broad SMARTS) is 1. The number of aliphatic hydroxyl groups is 1. The minimum atomic E-state index is -1.24. The summed E-state index contributed by atoms with van der Waals surface area (Å²) in [7, 11) is 0. The van der Waals surface area contributed by atoms with Gasteiger partial charge in [-0.2, -0.15) is 0 Å². The molecule has 2 atom stereocenters. The molecule has 5 heteroatoms. The van der Waals surface area contributed by atoms with Gasteiger partial charge in [-0.15, -0.1) is 0 Å². The first-order chi connectivity index (χ1) is 9.47. The van der Waals surface area contributed by atoms with Gasteiger partial charge in [0.15, 0.2) is 0 Å². The predicted octanol–water partition coefficient (Wildman–Crippen LogP) is 1.06. The summed E-state index contributed by atoms with van der Waals surface area (Å²) in [6.45, 7) is 1.75. The molecule has 0 aliphatic carbocycles. The fourth-order valence-corrected chi connectivity index (χ4v) is 2.84. The molecule has 0 radical (unpaired) electrons. The van der Waals surface area contributed by atoms with E-state index in [-0.39, 0.29) is 6.42 Å². The van der Waals surface area contributed by atoms with E-state index in [1.54, 1.807) is 0 Å². The van der Waals surface area contributed by atoms with E-state index in [1.165, 1.54) is 11.8 Å². The summed E-state index contributed by atoms with van der Waals surface area (Å²) >= 11 is 0. The van der Waals surface area contributed by atoms with E-state index in [0.29, 0.717) is 19.4 Å². The zero-order chi connectivity index (χ0) is 14.8. The van der Waals surface area contributed by atoms with Crippen LogP contribution in [0.5, 0.6) is 0 Å². The smallest absolute Gasteiger partial charge is 0.329 e. The maximum Gasteiger partial charge on any atom is 0.329 e. The van der Waals surface area contributed by atoms with Crippen LogP contribution in [0.1, 0.15) is 25.3 Å². The number of carbonyl (C=O) groups is 2. The van der Waals surface area contributed by atoms with E-state index in [9.17, 15) is 19.8 Å². The van der Waals surface area contributed by atoms with Crippen LogP contribution in [0, 0.1) is 0 Å². The number of rotatable bonds is 4. The molecule has 1 amide bonds. The van der Waals surface area contributed by atoms with Crippen molar-refractivity contribution in [2.45, 2.75) is 37.8 Å². The Labute approximate surface area is 117 Å². The zero-order valence-electron chi connectivity index (χ0n) is 11.5. The van der Waals surface area contributed by atoms with Gasteiger partial charge in [0.25, 0.3) is 5.91 Å². The second-order valence-electron chi connectivity index (χ2n) is 5.27. The molecule has 0 bridgehead atoms. The number of benzene rings is 1. The number of amides is 1. The Bertz CT molecular complexity index is 500. The Morgan fingerprint density at radius 1 is 1.35 bits per heavy atom. The molecule has 1 aromatic carbocycles. The molecule has 108 valence electrons. The number of carbonyl (C=O) groups excluding carboxylic acids is 1. The Kier molecular flexibility index (Phi) is 4.09. The summed E-state index contributed by atoms with van der Waals surface area (Å²) in [6.07, 6.45) is 0.136. The summed E-state index contributed by atoms with van der Waals surface area (Å²) in [4.78, 5) is 25.2. The molecule has 2 N–H and O–H groups in total. The first-order valence-corrected chi connectivity index (χ1v) is 6.74. The van der Waals surface area contributed by atoms with Crippen molar-refractivity contribution in [1.29, 1.82) is 0 Å². The zero-order valence-corrected chi connectivity index (χ0v) is 11.5. The van der Waals surface area contributed by atoms with Gasteiger partial charge < -0.3 is 15.1 Å². The van der Waals surface area contributed by atoms with Crippen LogP contribution in [0.25, 0.3) is 0 Å². The lowest BCUT2D eigenvalue weighted by atomic mass is 9.88. The van der Waals surface area contributed by atoms with Crippen LogP contribution in [-0.2, 0) is 16.0 Å². The molecular weight excluding hydrogens is 258 g/mol. The van der Waals surface area contributed by atoms with Crippen LogP contribution in [-0.4, -0.2) is 45.2 Å².